The smallest absolute Gasteiger partial charge is 0.142 e. The summed E-state index contributed by atoms with van der Waals surface area (Å²) in [6, 6.07) is 6.76. The van der Waals surface area contributed by atoms with Gasteiger partial charge in [-0.25, -0.2) is 0 Å². The van der Waals surface area contributed by atoms with E-state index in [0.717, 1.165) is 63.3 Å². The van der Waals surface area contributed by atoms with Gasteiger partial charge in [0.25, 0.3) is 0 Å². The van der Waals surface area contributed by atoms with Crippen LogP contribution < -0.4 is 14.4 Å². The van der Waals surface area contributed by atoms with Gasteiger partial charge in [0.2, 0.25) is 0 Å². The Hall–Kier alpha value is -1.17. The lowest BCUT2D eigenvalue weighted by atomic mass is 9.71. The summed E-state index contributed by atoms with van der Waals surface area (Å²) in [6.07, 6.45) is 11.1. The van der Waals surface area contributed by atoms with Crippen LogP contribution >= 0.6 is 11.9 Å². The quantitative estimate of drug-likeness (QED) is 0.515. The summed E-state index contributed by atoms with van der Waals surface area (Å²) in [7, 11) is 0. The predicted octanol–water partition coefficient (Wildman–Crippen LogP) is 4.40. The molecule has 2 bridgehead atoms. The Kier molecular flexibility index (Phi) is 5.84. The van der Waals surface area contributed by atoms with E-state index in [9.17, 15) is 0 Å². The highest BCUT2D eigenvalue weighted by Crippen LogP contribution is 2.41. The lowest BCUT2D eigenvalue weighted by Crippen LogP contribution is -2.38. The van der Waals surface area contributed by atoms with Crippen molar-refractivity contribution in [3.05, 3.63) is 35.9 Å². The first kappa shape index (κ1) is 18.8. The Bertz CT molecular complexity index is 710. The molecule has 1 aliphatic carbocycles. The molecule has 1 aromatic carbocycles. The molecule has 0 spiro atoms. The second-order valence-electron chi connectivity index (χ2n) is 8.77. The minimum atomic E-state index is 0.551. The Labute approximate surface area is 173 Å². The SMILES string of the molecule is C1=CCC2COCC2SNCc2ccc3c(c2)N(CCCO3)CC2CCC2C1. The highest BCUT2D eigenvalue weighted by Gasteiger charge is 2.33. The lowest BCUT2D eigenvalue weighted by Gasteiger charge is -2.40. The fraction of sp³-hybridized carbons (Fsp3) is 0.652. The zero-order chi connectivity index (χ0) is 18.8. The van der Waals surface area contributed by atoms with Crippen LogP contribution in [0.3, 0.4) is 0 Å². The summed E-state index contributed by atoms with van der Waals surface area (Å²) in [4.78, 5) is 2.60. The number of fused-ring (bicyclic) bond motifs is 3. The minimum Gasteiger partial charge on any atom is -0.491 e. The average Bonchev–Trinajstić information content (AvgIpc) is 3.03. The minimum absolute atomic E-state index is 0.551. The number of nitrogens with zero attached hydrogens (tertiary/aromatic N) is 1. The molecular weight excluding hydrogens is 368 g/mol. The van der Waals surface area contributed by atoms with Crippen LogP contribution in [0.5, 0.6) is 5.75 Å². The van der Waals surface area contributed by atoms with E-state index in [0.29, 0.717) is 11.2 Å². The van der Waals surface area contributed by atoms with Gasteiger partial charge >= 0.3 is 0 Å². The van der Waals surface area contributed by atoms with Gasteiger partial charge in [0.15, 0.2) is 0 Å². The number of hydrogen-bond acceptors (Lipinski definition) is 5. The highest BCUT2D eigenvalue weighted by atomic mass is 32.2. The molecule has 3 heterocycles. The number of benzene rings is 1. The first-order valence-electron chi connectivity index (χ1n) is 11.0. The zero-order valence-electron chi connectivity index (χ0n) is 16.6. The van der Waals surface area contributed by atoms with Crippen molar-refractivity contribution in [1.29, 1.82) is 0 Å². The Morgan fingerprint density at radius 3 is 2.82 bits per heavy atom. The van der Waals surface area contributed by atoms with Crippen molar-refractivity contribution >= 4 is 17.6 Å². The van der Waals surface area contributed by atoms with Crippen LogP contribution in [0.1, 0.15) is 37.7 Å². The van der Waals surface area contributed by atoms with Crippen molar-refractivity contribution in [1.82, 2.24) is 4.72 Å². The summed E-state index contributed by atoms with van der Waals surface area (Å²) >= 11 is 1.87. The number of anilines is 1. The van der Waals surface area contributed by atoms with Gasteiger partial charge in [0, 0.05) is 30.8 Å². The average molecular weight is 401 g/mol. The number of nitrogens with one attached hydrogen (secondary N) is 1. The number of hydrogen-bond donors (Lipinski definition) is 1. The summed E-state index contributed by atoms with van der Waals surface area (Å²) in [6.45, 7) is 5.78. The third kappa shape index (κ3) is 4.07. The fourth-order valence-electron chi connectivity index (χ4n) is 4.96. The second kappa shape index (κ2) is 8.68. The zero-order valence-corrected chi connectivity index (χ0v) is 17.5. The van der Waals surface area contributed by atoms with Gasteiger partial charge < -0.3 is 14.4 Å². The van der Waals surface area contributed by atoms with E-state index in [-0.39, 0.29) is 0 Å². The van der Waals surface area contributed by atoms with Crippen LogP contribution in [0.4, 0.5) is 5.69 Å². The van der Waals surface area contributed by atoms with Crippen LogP contribution in [0, 0.1) is 17.8 Å². The van der Waals surface area contributed by atoms with Gasteiger partial charge in [-0.15, -0.1) is 0 Å². The van der Waals surface area contributed by atoms with Crippen molar-refractivity contribution in [3.8, 4) is 5.75 Å². The molecule has 152 valence electrons. The van der Waals surface area contributed by atoms with E-state index >= 15 is 0 Å². The van der Waals surface area contributed by atoms with Crippen molar-refractivity contribution < 1.29 is 9.47 Å². The molecule has 28 heavy (non-hydrogen) atoms. The first-order valence-corrected chi connectivity index (χ1v) is 11.9. The molecule has 2 fully saturated rings. The van der Waals surface area contributed by atoms with Gasteiger partial charge in [-0.1, -0.05) is 30.2 Å². The molecule has 4 unspecified atom stereocenters. The summed E-state index contributed by atoms with van der Waals surface area (Å²) < 4.78 is 15.4. The van der Waals surface area contributed by atoms with Gasteiger partial charge in [0.05, 0.1) is 25.5 Å². The van der Waals surface area contributed by atoms with Gasteiger partial charge in [0.1, 0.15) is 5.75 Å². The van der Waals surface area contributed by atoms with E-state index < -0.39 is 0 Å². The maximum absolute atomic E-state index is 6.06. The van der Waals surface area contributed by atoms with Crippen molar-refractivity contribution in [2.75, 3.05) is 37.8 Å². The van der Waals surface area contributed by atoms with Gasteiger partial charge in [-0.2, -0.15) is 0 Å². The normalized spacial score (nSPS) is 33.2. The Balaban J connectivity index is 1.39. The van der Waals surface area contributed by atoms with E-state index in [1.54, 1.807) is 0 Å². The number of ether oxygens (including phenoxy) is 2. The molecule has 4 nitrogen and oxygen atoms in total. The molecule has 0 amide bonds. The summed E-state index contributed by atoms with van der Waals surface area (Å²) in [5, 5.41) is 0.551. The lowest BCUT2D eigenvalue weighted by molar-refractivity contribution is 0.182. The van der Waals surface area contributed by atoms with Crippen molar-refractivity contribution in [3.63, 3.8) is 0 Å². The Morgan fingerprint density at radius 1 is 1.04 bits per heavy atom. The van der Waals surface area contributed by atoms with Crippen LogP contribution in [-0.4, -0.2) is 38.2 Å². The standard InChI is InChI=1S/C23H32N2O2S/c1-2-5-20-15-26-16-23(20)28-24-13-17-6-9-22-21(12-17)25(10-3-11-27-22)14-19-8-7-18(19)4-1/h1-2,6,9,12,18-20,23-24H,3-5,7-8,10-11,13-16H2. The van der Waals surface area contributed by atoms with Gasteiger partial charge in [-0.3, -0.25) is 4.72 Å². The number of rotatable bonds is 0. The largest absolute Gasteiger partial charge is 0.491 e. The molecule has 5 rings (SSSR count). The molecule has 1 aromatic rings. The number of allylic oxidation sites excluding steroid dienone is 2. The van der Waals surface area contributed by atoms with Gasteiger partial charge in [-0.05, 0) is 61.6 Å². The Morgan fingerprint density at radius 2 is 1.93 bits per heavy atom. The third-order valence-corrected chi connectivity index (χ3v) is 8.05. The molecule has 1 N–H and O–H groups in total. The molecule has 0 radical (unpaired) electrons. The maximum Gasteiger partial charge on any atom is 0.142 e. The van der Waals surface area contributed by atoms with Crippen LogP contribution in [0.25, 0.3) is 0 Å². The maximum atomic E-state index is 6.06. The predicted molar refractivity (Wildman–Crippen MR) is 116 cm³/mol. The molecule has 3 aliphatic heterocycles. The fourth-order valence-corrected chi connectivity index (χ4v) is 5.98. The second-order valence-corrected chi connectivity index (χ2v) is 9.90. The molecule has 5 heteroatoms. The summed E-state index contributed by atoms with van der Waals surface area (Å²) in [5.74, 6) is 3.37. The van der Waals surface area contributed by atoms with E-state index in [2.05, 4.69) is 40.0 Å². The topological polar surface area (TPSA) is 33.7 Å². The van der Waals surface area contributed by atoms with Crippen LogP contribution in [0.2, 0.25) is 0 Å². The van der Waals surface area contributed by atoms with Crippen molar-refractivity contribution in [2.24, 2.45) is 17.8 Å². The molecule has 0 aromatic heterocycles. The first-order chi connectivity index (χ1) is 13.9. The summed E-state index contributed by atoms with van der Waals surface area (Å²) in [5.41, 5.74) is 2.64. The van der Waals surface area contributed by atoms with Crippen LogP contribution in [0.15, 0.2) is 30.4 Å². The molecule has 1 saturated carbocycles. The van der Waals surface area contributed by atoms with E-state index in [1.165, 1.54) is 37.1 Å². The molecule has 1 saturated heterocycles. The molecule has 4 atom stereocenters. The highest BCUT2D eigenvalue weighted by molar-refractivity contribution is 7.98. The van der Waals surface area contributed by atoms with Crippen LogP contribution in [-0.2, 0) is 11.3 Å². The van der Waals surface area contributed by atoms with E-state index in [4.69, 9.17) is 9.47 Å². The third-order valence-electron chi connectivity index (χ3n) is 6.92. The van der Waals surface area contributed by atoms with Crippen molar-refractivity contribution in [2.45, 2.75) is 43.9 Å². The van der Waals surface area contributed by atoms with E-state index in [1.807, 2.05) is 11.9 Å². The monoisotopic (exact) mass is 400 g/mol. The molecule has 4 aliphatic rings. The molecular formula is C23H32N2O2S.